The van der Waals surface area contributed by atoms with Crippen LogP contribution in [0, 0.1) is 17.8 Å². The molecule has 4 nitrogen and oxygen atoms in total. The molecule has 0 unspecified atom stereocenters. The number of carboxylic acid groups (broad SMARTS) is 1. The van der Waals surface area contributed by atoms with Gasteiger partial charge in [0.1, 0.15) is 5.75 Å². The average molecular weight is 438 g/mol. The number of alkyl halides is 3. The summed E-state index contributed by atoms with van der Waals surface area (Å²) in [5.41, 5.74) is 2.47. The lowest BCUT2D eigenvalue weighted by Gasteiger charge is -2.44. The predicted molar refractivity (Wildman–Crippen MR) is 105 cm³/mol. The lowest BCUT2D eigenvalue weighted by Crippen LogP contribution is -2.36. The standard InChI is InChI=1S/C22H19ClF3NO3/c23-13-8-15-17-11-1-2-12(7-11)18(17)19(27-20(15)16(9-13)21(28)29)10-3-5-14(6-4-10)30-22(24,25)26/h3-6,8-9,11-12,17-19,27H,1-2,7H2,(H,28,29)/t11-,12-,17+,18+,19+/m0/s1. The molecule has 2 saturated carbocycles. The first-order valence-electron chi connectivity index (χ1n) is 9.90. The Hall–Kier alpha value is -2.41. The Morgan fingerprint density at radius 2 is 1.83 bits per heavy atom. The lowest BCUT2D eigenvalue weighted by molar-refractivity contribution is -0.274. The summed E-state index contributed by atoms with van der Waals surface area (Å²) in [4.78, 5) is 11.9. The summed E-state index contributed by atoms with van der Waals surface area (Å²) in [5.74, 6) is 0.0550. The third-order valence-electron chi connectivity index (χ3n) is 6.86. The molecule has 2 aromatic rings. The van der Waals surface area contributed by atoms with Crippen molar-refractivity contribution >= 4 is 23.3 Å². The molecule has 0 saturated heterocycles. The fourth-order valence-electron chi connectivity index (χ4n) is 5.93. The summed E-state index contributed by atoms with van der Waals surface area (Å²) in [6, 6.07) is 9.00. The van der Waals surface area contributed by atoms with Crippen molar-refractivity contribution in [2.24, 2.45) is 17.8 Å². The van der Waals surface area contributed by atoms with Crippen LogP contribution in [0.3, 0.4) is 0 Å². The van der Waals surface area contributed by atoms with E-state index in [0.29, 0.717) is 22.5 Å². The molecule has 0 radical (unpaired) electrons. The van der Waals surface area contributed by atoms with Crippen molar-refractivity contribution < 1.29 is 27.8 Å². The Morgan fingerprint density at radius 1 is 1.13 bits per heavy atom. The number of hydrogen-bond donors (Lipinski definition) is 2. The fraction of sp³-hybridized carbons (Fsp3) is 0.409. The van der Waals surface area contributed by atoms with E-state index in [-0.39, 0.29) is 29.2 Å². The zero-order valence-electron chi connectivity index (χ0n) is 15.7. The van der Waals surface area contributed by atoms with Gasteiger partial charge in [-0.3, -0.25) is 0 Å². The molecule has 3 aliphatic rings. The Balaban J connectivity index is 1.57. The van der Waals surface area contributed by atoms with Gasteiger partial charge in [0, 0.05) is 5.02 Å². The van der Waals surface area contributed by atoms with Crippen LogP contribution in [0.25, 0.3) is 0 Å². The molecule has 1 aliphatic heterocycles. The minimum absolute atomic E-state index is 0.126. The number of anilines is 1. The van der Waals surface area contributed by atoms with Crippen LogP contribution >= 0.6 is 11.6 Å². The van der Waals surface area contributed by atoms with E-state index in [1.54, 1.807) is 12.1 Å². The quantitative estimate of drug-likeness (QED) is 0.597. The second kappa shape index (κ2) is 6.80. The average Bonchev–Trinajstić information content (AvgIpc) is 3.29. The summed E-state index contributed by atoms with van der Waals surface area (Å²) in [6.07, 6.45) is -1.45. The van der Waals surface area contributed by atoms with E-state index in [4.69, 9.17) is 11.6 Å². The van der Waals surface area contributed by atoms with Gasteiger partial charge in [0.2, 0.25) is 0 Å². The van der Waals surface area contributed by atoms with E-state index >= 15 is 0 Å². The van der Waals surface area contributed by atoms with Gasteiger partial charge in [0.05, 0.1) is 17.3 Å². The number of hydrogen-bond acceptors (Lipinski definition) is 3. The Bertz CT molecular complexity index is 1010. The van der Waals surface area contributed by atoms with E-state index in [1.165, 1.54) is 18.2 Å². The summed E-state index contributed by atoms with van der Waals surface area (Å²) >= 11 is 6.25. The highest BCUT2D eigenvalue weighted by atomic mass is 35.5. The number of aromatic carboxylic acids is 1. The normalized spacial score (nSPS) is 29.1. The van der Waals surface area contributed by atoms with Gasteiger partial charge in [0.15, 0.2) is 0 Å². The van der Waals surface area contributed by atoms with Crippen molar-refractivity contribution in [2.45, 2.75) is 37.6 Å². The van der Waals surface area contributed by atoms with Crippen LogP contribution in [0.1, 0.15) is 52.7 Å². The van der Waals surface area contributed by atoms with Crippen LogP contribution < -0.4 is 10.1 Å². The smallest absolute Gasteiger partial charge is 0.478 e. The number of carboxylic acids is 1. The minimum atomic E-state index is -4.74. The SMILES string of the molecule is O=C(O)c1cc(Cl)cc2c1N[C@H](c1ccc(OC(F)(F)F)cc1)[C@@H]1[C@H]3CC[C@@H](C3)[C@H]21. The molecule has 0 spiro atoms. The predicted octanol–water partition coefficient (Wildman–Crippen LogP) is 6.23. The van der Waals surface area contributed by atoms with Crippen molar-refractivity contribution in [3.63, 3.8) is 0 Å². The Kier molecular flexibility index (Phi) is 4.43. The third-order valence-corrected chi connectivity index (χ3v) is 7.08. The van der Waals surface area contributed by atoms with Crippen LogP contribution in [-0.4, -0.2) is 17.4 Å². The van der Waals surface area contributed by atoms with Gasteiger partial charge >= 0.3 is 12.3 Å². The van der Waals surface area contributed by atoms with Gasteiger partial charge in [0.25, 0.3) is 0 Å². The number of fused-ring (bicyclic) bond motifs is 7. The molecule has 2 bridgehead atoms. The van der Waals surface area contributed by atoms with E-state index in [1.807, 2.05) is 6.07 Å². The summed E-state index contributed by atoms with van der Waals surface area (Å²) in [6.45, 7) is 0. The largest absolute Gasteiger partial charge is 0.573 e. The molecule has 8 heteroatoms. The van der Waals surface area contributed by atoms with E-state index in [2.05, 4.69) is 10.1 Å². The van der Waals surface area contributed by atoms with Gasteiger partial charge in [-0.15, -0.1) is 13.2 Å². The highest BCUT2D eigenvalue weighted by Gasteiger charge is 2.54. The van der Waals surface area contributed by atoms with Gasteiger partial charge in [-0.2, -0.15) is 0 Å². The van der Waals surface area contributed by atoms with Crippen LogP contribution in [0.2, 0.25) is 5.02 Å². The zero-order valence-corrected chi connectivity index (χ0v) is 16.5. The topological polar surface area (TPSA) is 58.6 Å². The van der Waals surface area contributed by atoms with Crippen molar-refractivity contribution in [1.82, 2.24) is 0 Å². The van der Waals surface area contributed by atoms with Crippen LogP contribution in [-0.2, 0) is 0 Å². The molecular formula is C22H19ClF3NO3. The monoisotopic (exact) mass is 437 g/mol. The van der Waals surface area contributed by atoms with Crippen molar-refractivity contribution in [1.29, 1.82) is 0 Å². The summed E-state index contributed by atoms with van der Waals surface area (Å²) in [5, 5.41) is 13.5. The summed E-state index contributed by atoms with van der Waals surface area (Å²) < 4.78 is 41.5. The number of nitrogens with one attached hydrogen (secondary N) is 1. The molecule has 2 N–H and O–H groups in total. The number of carbonyl (C=O) groups is 1. The summed E-state index contributed by atoms with van der Waals surface area (Å²) in [7, 11) is 0. The maximum atomic E-state index is 12.5. The first kappa shape index (κ1) is 19.5. The van der Waals surface area contributed by atoms with Crippen molar-refractivity contribution in [3.05, 3.63) is 58.1 Å². The van der Waals surface area contributed by atoms with Crippen molar-refractivity contribution in [2.75, 3.05) is 5.32 Å². The Labute approximate surface area is 176 Å². The zero-order chi connectivity index (χ0) is 21.2. The fourth-order valence-corrected chi connectivity index (χ4v) is 6.16. The highest BCUT2D eigenvalue weighted by Crippen LogP contribution is 2.64. The molecule has 0 amide bonds. The van der Waals surface area contributed by atoms with E-state index in [0.717, 1.165) is 30.4 Å². The number of benzene rings is 2. The second-order valence-electron chi connectivity index (χ2n) is 8.40. The van der Waals surface area contributed by atoms with Crippen LogP contribution in [0.5, 0.6) is 5.75 Å². The molecule has 5 rings (SSSR count). The lowest BCUT2D eigenvalue weighted by atomic mass is 9.67. The maximum Gasteiger partial charge on any atom is 0.573 e. The number of ether oxygens (including phenoxy) is 1. The molecule has 2 fully saturated rings. The van der Waals surface area contributed by atoms with Crippen molar-refractivity contribution in [3.8, 4) is 5.75 Å². The molecule has 30 heavy (non-hydrogen) atoms. The van der Waals surface area contributed by atoms with Gasteiger partial charge < -0.3 is 15.2 Å². The first-order valence-corrected chi connectivity index (χ1v) is 10.3. The number of rotatable bonds is 3. The van der Waals surface area contributed by atoms with E-state index < -0.39 is 12.3 Å². The van der Waals surface area contributed by atoms with Gasteiger partial charge in [-0.05, 0) is 78.3 Å². The number of halogens is 4. The van der Waals surface area contributed by atoms with Gasteiger partial charge in [-0.25, -0.2) is 4.79 Å². The highest BCUT2D eigenvalue weighted by molar-refractivity contribution is 6.31. The van der Waals surface area contributed by atoms with E-state index in [9.17, 15) is 23.1 Å². The molecule has 158 valence electrons. The van der Waals surface area contributed by atoms with Crippen LogP contribution in [0.15, 0.2) is 36.4 Å². The minimum Gasteiger partial charge on any atom is -0.478 e. The Morgan fingerprint density at radius 3 is 2.50 bits per heavy atom. The van der Waals surface area contributed by atoms with Crippen LogP contribution in [0.4, 0.5) is 18.9 Å². The van der Waals surface area contributed by atoms with Gasteiger partial charge in [-0.1, -0.05) is 23.7 Å². The second-order valence-corrected chi connectivity index (χ2v) is 8.83. The maximum absolute atomic E-state index is 12.5. The molecular weight excluding hydrogens is 419 g/mol. The third kappa shape index (κ3) is 3.20. The molecule has 2 aromatic carbocycles. The molecule has 5 atom stereocenters. The molecule has 0 aromatic heterocycles. The molecule has 1 heterocycles. The first-order chi connectivity index (χ1) is 14.2. The molecule has 2 aliphatic carbocycles.